The van der Waals surface area contributed by atoms with Crippen molar-refractivity contribution in [1.82, 2.24) is 0 Å². The average Bonchev–Trinajstić information content (AvgIpc) is 2.13. The van der Waals surface area contributed by atoms with E-state index in [1.165, 1.54) is 12.1 Å². The van der Waals surface area contributed by atoms with Crippen molar-refractivity contribution in [1.29, 1.82) is 0 Å². The summed E-state index contributed by atoms with van der Waals surface area (Å²) in [5.41, 5.74) is 0.307. The molecule has 0 aliphatic heterocycles. The van der Waals surface area contributed by atoms with Crippen molar-refractivity contribution >= 4 is 44.9 Å². The second-order valence-corrected chi connectivity index (χ2v) is 3.76. The number of aromatic hydroxyl groups is 1. The van der Waals surface area contributed by atoms with Crippen molar-refractivity contribution in [2.75, 3.05) is 5.88 Å². The number of alkyl halides is 1. The zero-order valence-corrected chi connectivity index (χ0v) is 9.45. The van der Waals surface area contributed by atoms with E-state index in [2.05, 4.69) is 15.9 Å². The first kappa shape index (κ1) is 10.8. The van der Waals surface area contributed by atoms with E-state index < -0.39 is 0 Å². The fraction of sp³-hybridized carbons (Fsp3) is 0.125. The zero-order chi connectivity index (χ0) is 10.0. The third-order valence-corrected chi connectivity index (χ3v) is 3.15. The molecule has 0 saturated heterocycles. The van der Waals surface area contributed by atoms with Gasteiger partial charge in [-0.25, -0.2) is 0 Å². The lowest BCUT2D eigenvalue weighted by Gasteiger charge is -2.04. The summed E-state index contributed by atoms with van der Waals surface area (Å²) in [4.78, 5) is 11.2. The predicted octanol–water partition coefficient (Wildman–Crippen LogP) is 3.23. The Kier molecular flexibility index (Phi) is 3.59. The number of phenols is 1. The number of carbonyl (C=O) groups excluding carboxylic acids is 1. The lowest BCUT2D eigenvalue weighted by Crippen LogP contribution is -2.01. The Morgan fingerprint density at radius 1 is 1.54 bits per heavy atom. The van der Waals surface area contributed by atoms with E-state index in [9.17, 15) is 9.90 Å². The van der Waals surface area contributed by atoms with Crippen LogP contribution >= 0.6 is 39.1 Å². The highest BCUT2D eigenvalue weighted by Gasteiger charge is 2.13. The zero-order valence-electron chi connectivity index (χ0n) is 6.35. The van der Waals surface area contributed by atoms with E-state index in [0.29, 0.717) is 10.0 Å². The number of rotatable bonds is 2. The van der Waals surface area contributed by atoms with Crippen LogP contribution in [0.5, 0.6) is 5.75 Å². The summed E-state index contributed by atoms with van der Waals surface area (Å²) in [6.45, 7) is 0. The molecule has 0 spiro atoms. The molecule has 1 rings (SSSR count). The molecule has 0 fully saturated rings. The Balaban J connectivity index is 3.26. The van der Waals surface area contributed by atoms with Gasteiger partial charge in [-0.3, -0.25) is 4.79 Å². The maximum absolute atomic E-state index is 11.2. The summed E-state index contributed by atoms with van der Waals surface area (Å²) in [5.74, 6) is -0.403. The average molecular weight is 284 g/mol. The van der Waals surface area contributed by atoms with Crippen LogP contribution in [-0.2, 0) is 0 Å². The van der Waals surface area contributed by atoms with Crippen LogP contribution in [0.25, 0.3) is 0 Å². The van der Waals surface area contributed by atoms with Crippen molar-refractivity contribution in [3.05, 3.63) is 27.2 Å². The van der Waals surface area contributed by atoms with E-state index in [4.69, 9.17) is 23.2 Å². The number of phenolic OH excluding ortho intramolecular Hbond substituents is 1. The van der Waals surface area contributed by atoms with E-state index in [1.54, 1.807) is 0 Å². The lowest BCUT2D eigenvalue weighted by molar-refractivity contribution is 0.102. The molecule has 0 bridgehead atoms. The second-order valence-electron chi connectivity index (χ2n) is 2.32. The Morgan fingerprint density at radius 2 is 2.15 bits per heavy atom. The van der Waals surface area contributed by atoms with Crippen LogP contribution in [0.2, 0.25) is 5.02 Å². The molecule has 13 heavy (non-hydrogen) atoms. The van der Waals surface area contributed by atoms with Crippen LogP contribution in [-0.4, -0.2) is 16.8 Å². The van der Waals surface area contributed by atoms with Gasteiger partial charge in [0.25, 0.3) is 0 Å². The van der Waals surface area contributed by atoms with Crippen LogP contribution in [0.1, 0.15) is 10.4 Å². The molecule has 1 N–H and O–H groups in total. The standard InChI is InChI=1S/C8H5BrCl2O2/c9-7-5(12)2-1-4(8(7)11)6(13)3-10/h1-2,12H,3H2. The van der Waals surface area contributed by atoms with Crippen LogP contribution in [0, 0.1) is 0 Å². The smallest absolute Gasteiger partial charge is 0.179 e. The Hall–Kier alpha value is -0.250. The normalized spacial score (nSPS) is 10.1. The Bertz CT molecular complexity index is 352. The summed E-state index contributed by atoms with van der Waals surface area (Å²) in [6.07, 6.45) is 0. The number of ketones is 1. The van der Waals surface area contributed by atoms with Gasteiger partial charge in [0.1, 0.15) is 5.75 Å². The molecule has 1 aromatic carbocycles. The van der Waals surface area contributed by atoms with Gasteiger partial charge in [0.15, 0.2) is 5.78 Å². The monoisotopic (exact) mass is 282 g/mol. The number of hydrogen-bond donors (Lipinski definition) is 1. The van der Waals surface area contributed by atoms with Crippen molar-refractivity contribution < 1.29 is 9.90 Å². The molecule has 1 aromatic rings. The molecular weight excluding hydrogens is 279 g/mol. The quantitative estimate of drug-likeness (QED) is 0.668. The lowest BCUT2D eigenvalue weighted by atomic mass is 10.1. The third-order valence-electron chi connectivity index (χ3n) is 1.48. The van der Waals surface area contributed by atoms with Gasteiger partial charge in [0.2, 0.25) is 0 Å². The van der Waals surface area contributed by atoms with Gasteiger partial charge in [-0.05, 0) is 28.1 Å². The van der Waals surface area contributed by atoms with Gasteiger partial charge in [-0.15, -0.1) is 11.6 Å². The summed E-state index contributed by atoms with van der Waals surface area (Å²) < 4.78 is 0.310. The maximum Gasteiger partial charge on any atom is 0.179 e. The van der Waals surface area contributed by atoms with E-state index in [1.807, 2.05) is 0 Å². The molecule has 2 nitrogen and oxygen atoms in total. The summed E-state index contributed by atoms with van der Waals surface area (Å²) in [5, 5.41) is 9.39. The minimum absolute atomic E-state index is 0.00359. The summed E-state index contributed by atoms with van der Waals surface area (Å²) in [7, 11) is 0. The molecule has 70 valence electrons. The second kappa shape index (κ2) is 4.31. The van der Waals surface area contributed by atoms with E-state index in [0.717, 1.165) is 0 Å². The van der Waals surface area contributed by atoms with Crippen LogP contribution < -0.4 is 0 Å². The number of halogens is 3. The topological polar surface area (TPSA) is 37.3 Å². The number of hydrogen-bond acceptors (Lipinski definition) is 2. The first-order chi connectivity index (χ1) is 6.07. The van der Waals surface area contributed by atoms with Crippen molar-refractivity contribution in [2.24, 2.45) is 0 Å². The highest BCUT2D eigenvalue weighted by Crippen LogP contribution is 2.34. The number of carbonyl (C=O) groups is 1. The van der Waals surface area contributed by atoms with Gasteiger partial charge in [-0.1, -0.05) is 11.6 Å². The minimum Gasteiger partial charge on any atom is -0.507 e. The molecule has 0 aromatic heterocycles. The molecule has 0 radical (unpaired) electrons. The van der Waals surface area contributed by atoms with E-state index in [-0.39, 0.29) is 22.4 Å². The number of benzene rings is 1. The maximum atomic E-state index is 11.2. The Labute approximate surface area is 93.6 Å². The van der Waals surface area contributed by atoms with Crippen LogP contribution in [0.3, 0.4) is 0 Å². The van der Waals surface area contributed by atoms with Crippen molar-refractivity contribution in [3.63, 3.8) is 0 Å². The first-order valence-electron chi connectivity index (χ1n) is 3.34. The molecule has 0 atom stereocenters. The van der Waals surface area contributed by atoms with Gasteiger partial charge < -0.3 is 5.11 Å². The molecular formula is C8H5BrCl2O2. The van der Waals surface area contributed by atoms with Crippen LogP contribution in [0.4, 0.5) is 0 Å². The molecule has 0 saturated carbocycles. The largest absolute Gasteiger partial charge is 0.507 e. The highest BCUT2D eigenvalue weighted by molar-refractivity contribution is 9.10. The third kappa shape index (κ3) is 2.16. The molecule has 0 heterocycles. The van der Waals surface area contributed by atoms with Crippen molar-refractivity contribution in [2.45, 2.75) is 0 Å². The minimum atomic E-state index is -0.271. The summed E-state index contributed by atoms with van der Waals surface area (Å²) >= 11 is 14.2. The van der Waals surface area contributed by atoms with Gasteiger partial charge in [0, 0.05) is 5.56 Å². The van der Waals surface area contributed by atoms with Gasteiger partial charge in [-0.2, -0.15) is 0 Å². The predicted molar refractivity (Wildman–Crippen MR) is 55.9 cm³/mol. The SMILES string of the molecule is O=C(CCl)c1ccc(O)c(Br)c1Cl. The Morgan fingerprint density at radius 3 is 2.69 bits per heavy atom. The summed E-state index contributed by atoms with van der Waals surface area (Å²) in [6, 6.07) is 2.82. The van der Waals surface area contributed by atoms with Crippen LogP contribution in [0.15, 0.2) is 16.6 Å². The van der Waals surface area contributed by atoms with E-state index >= 15 is 0 Å². The molecule has 0 aliphatic carbocycles. The number of Topliss-reactive ketones (excluding diaryl/α,β-unsaturated/α-hetero) is 1. The molecule has 0 amide bonds. The highest BCUT2D eigenvalue weighted by atomic mass is 79.9. The molecule has 5 heteroatoms. The molecule has 0 aliphatic rings. The fourth-order valence-electron chi connectivity index (χ4n) is 0.827. The van der Waals surface area contributed by atoms with Gasteiger partial charge in [0.05, 0.1) is 15.4 Å². The fourth-order valence-corrected chi connectivity index (χ4v) is 1.58. The first-order valence-corrected chi connectivity index (χ1v) is 5.04. The van der Waals surface area contributed by atoms with Crippen molar-refractivity contribution in [3.8, 4) is 5.75 Å². The molecule has 0 unspecified atom stereocenters. The van der Waals surface area contributed by atoms with Gasteiger partial charge >= 0.3 is 0 Å².